The molecule has 0 saturated heterocycles. The zero-order chi connectivity index (χ0) is 14.1. The number of amides is 1. The van der Waals surface area contributed by atoms with Crippen LogP contribution in [0.3, 0.4) is 0 Å². The number of carbonyl (C=O) groups excluding carboxylic acids is 1. The number of nitrogens with zero attached hydrogens (tertiary/aromatic N) is 1. The molecule has 3 rings (SSSR count). The van der Waals surface area contributed by atoms with Crippen molar-refractivity contribution in [2.45, 2.75) is 13.8 Å². The number of thiazole rings is 1. The number of anilines is 1. The van der Waals surface area contributed by atoms with E-state index in [4.69, 9.17) is 0 Å². The Morgan fingerprint density at radius 3 is 2.80 bits per heavy atom. The van der Waals surface area contributed by atoms with Gasteiger partial charge in [0.2, 0.25) is 11.3 Å². The lowest BCUT2D eigenvalue weighted by Crippen LogP contribution is -2.10. The summed E-state index contributed by atoms with van der Waals surface area (Å²) in [4.78, 5) is 17.3. The Balaban J connectivity index is 1.86. The van der Waals surface area contributed by atoms with Gasteiger partial charge in [0.15, 0.2) is 10.5 Å². The molecule has 0 aliphatic carbocycles. The minimum atomic E-state index is -0.0999. The van der Waals surface area contributed by atoms with Crippen molar-refractivity contribution in [1.82, 2.24) is 4.98 Å². The Hall–Kier alpha value is -1.85. The molecule has 2 heterocycles. The number of hydrogen-bond acceptors (Lipinski definition) is 3. The van der Waals surface area contributed by atoms with Crippen LogP contribution < -0.4 is 5.32 Å². The van der Waals surface area contributed by atoms with Crippen LogP contribution in [0.25, 0.3) is 10.2 Å². The molecule has 3 nitrogen and oxygen atoms in total. The van der Waals surface area contributed by atoms with Gasteiger partial charge in [-0.3, -0.25) is 10.1 Å². The first-order valence-electron chi connectivity index (χ1n) is 6.19. The highest BCUT2D eigenvalue weighted by atomic mass is 32.1. The summed E-state index contributed by atoms with van der Waals surface area (Å²) in [5, 5.41) is 5.52. The average molecular weight is 301 g/mol. The summed E-state index contributed by atoms with van der Waals surface area (Å²) in [5.74, 6) is -0.0999. The fourth-order valence-electron chi connectivity index (χ4n) is 1.79. The van der Waals surface area contributed by atoms with Gasteiger partial charge in [-0.15, -0.1) is 0 Å². The van der Waals surface area contributed by atoms with Crippen LogP contribution in [0.4, 0.5) is 5.13 Å². The summed E-state index contributed by atoms with van der Waals surface area (Å²) in [5.41, 5.74) is 3.24. The normalized spacial score (nSPS) is 10.7. The molecule has 20 heavy (non-hydrogen) atoms. The molecule has 2 aromatic heterocycles. The summed E-state index contributed by atoms with van der Waals surface area (Å²) in [6.45, 7) is 4.05. The molecule has 0 unspecified atom stereocenters. The highest BCUT2D eigenvalue weighted by Crippen LogP contribution is 2.26. The van der Waals surface area contributed by atoms with Crippen LogP contribution in [0.5, 0.6) is 0 Å². The molecule has 1 amide bonds. The standard InChI is InChI=1S/C15H12N2OS2/c1-9-7-13(19-8-10(9)2)14(18)17-15-16-11-5-3-4-6-12(11)20-15/h3-8H,1-2H3/p+1. The largest absolute Gasteiger partial charge is 0.315 e. The summed E-state index contributed by atoms with van der Waals surface area (Å²) in [6.07, 6.45) is 0. The lowest BCUT2D eigenvalue weighted by atomic mass is 10.2. The number of carbonyl (C=O) groups is 1. The third kappa shape index (κ3) is 2.55. The molecule has 0 saturated carbocycles. The Morgan fingerprint density at radius 2 is 2.05 bits per heavy atom. The second-order valence-corrected chi connectivity index (χ2v) is 6.49. The third-order valence-corrected chi connectivity index (χ3v) is 5.05. The second kappa shape index (κ2) is 5.26. The molecule has 5 heteroatoms. The number of aromatic nitrogens is 1. The van der Waals surface area contributed by atoms with E-state index >= 15 is 0 Å². The topological polar surface area (TPSA) is 42.0 Å². The molecule has 3 aromatic rings. The van der Waals surface area contributed by atoms with Crippen molar-refractivity contribution in [3.05, 3.63) is 51.7 Å². The number of aryl methyl sites for hydroxylation is 2. The van der Waals surface area contributed by atoms with Crippen molar-refractivity contribution in [1.29, 1.82) is 0 Å². The van der Waals surface area contributed by atoms with Crippen LogP contribution in [-0.2, 0) is 0 Å². The van der Waals surface area contributed by atoms with Crippen molar-refractivity contribution < 1.29 is 4.79 Å². The van der Waals surface area contributed by atoms with Crippen molar-refractivity contribution in [3.8, 4) is 0 Å². The number of hydrogen-bond donors (Lipinski definition) is 1. The predicted molar refractivity (Wildman–Crippen MR) is 85.8 cm³/mol. The lowest BCUT2D eigenvalue weighted by molar-refractivity contribution is 0.103. The van der Waals surface area contributed by atoms with E-state index in [0.29, 0.717) is 10.0 Å². The van der Waals surface area contributed by atoms with Gasteiger partial charge >= 0.3 is 5.91 Å². The number of para-hydroxylation sites is 1. The van der Waals surface area contributed by atoms with Gasteiger partial charge in [-0.2, -0.15) is 0 Å². The zero-order valence-corrected chi connectivity index (χ0v) is 12.8. The van der Waals surface area contributed by atoms with Crippen molar-refractivity contribution in [3.63, 3.8) is 0 Å². The smallest absolute Gasteiger partial charge is 0.293 e. The summed E-state index contributed by atoms with van der Waals surface area (Å²) in [7, 11) is 0. The van der Waals surface area contributed by atoms with E-state index in [2.05, 4.69) is 10.3 Å². The van der Waals surface area contributed by atoms with Gasteiger partial charge in [0.25, 0.3) is 4.88 Å². The Kier molecular flexibility index (Phi) is 3.46. The third-order valence-electron chi connectivity index (χ3n) is 3.07. The molecule has 1 N–H and O–H groups in total. The maximum Gasteiger partial charge on any atom is 0.315 e. The molecular weight excluding hydrogens is 288 g/mol. The van der Waals surface area contributed by atoms with Crippen LogP contribution >= 0.6 is 22.7 Å². The lowest BCUT2D eigenvalue weighted by Gasteiger charge is -1.96. The highest BCUT2D eigenvalue weighted by Gasteiger charge is 2.19. The number of fused-ring (bicyclic) bond motifs is 1. The predicted octanol–water partition coefficient (Wildman–Crippen LogP) is 4.51. The molecule has 0 atom stereocenters. The maximum absolute atomic E-state index is 12.2. The monoisotopic (exact) mass is 301 g/mol. The minimum absolute atomic E-state index is 0.0999. The van der Waals surface area contributed by atoms with E-state index in [1.54, 1.807) is 0 Å². The molecule has 100 valence electrons. The average Bonchev–Trinajstić information content (AvgIpc) is 2.83. The van der Waals surface area contributed by atoms with Crippen LogP contribution in [-0.4, -0.2) is 10.9 Å². The van der Waals surface area contributed by atoms with Gasteiger partial charge in [-0.25, -0.2) is 4.98 Å². The first-order chi connectivity index (χ1) is 9.63. The van der Waals surface area contributed by atoms with Crippen molar-refractivity contribution >= 4 is 43.9 Å². The highest BCUT2D eigenvalue weighted by molar-refractivity contribution is 7.22. The van der Waals surface area contributed by atoms with E-state index in [1.807, 2.05) is 49.6 Å². The Morgan fingerprint density at radius 1 is 1.25 bits per heavy atom. The van der Waals surface area contributed by atoms with Crippen LogP contribution in [0, 0.1) is 13.8 Å². The maximum atomic E-state index is 12.2. The number of nitrogens with one attached hydrogen (secondary N) is 1. The zero-order valence-electron chi connectivity index (χ0n) is 11.1. The van der Waals surface area contributed by atoms with Gasteiger partial charge in [-0.05, 0) is 31.5 Å². The molecule has 0 aliphatic rings. The molecular formula is C15H13N2OS2+. The molecule has 0 fully saturated rings. The van der Waals surface area contributed by atoms with Crippen LogP contribution in [0.15, 0.2) is 35.7 Å². The SMILES string of the molecule is Cc1c[s+]c(C(=O)Nc2nc3ccccc3s2)cc1C. The first kappa shape index (κ1) is 13.1. The molecule has 0 bridgehead atoms. The summed E-state index contributed by atoms with van der Waals surface area (Å²) in [6, 6.07) is 9.78. The number of benzene rings is 1. The summed E-state index contributed by atoms with van der Waals surface area (Å²) < 4.78 is 1.08. The Labute approximate surface area is 124 Å². The van der Waals surface area contributed by atoms with E-state index in [9.17, 15) is 4.79 Å². The van der Waals surface area contributed by atoms with Crippen molar-refractivity contribution in [2.24, 2.45) is 0 Å². The van der Waals surface area contributed by atoms with E-state index in [1.165, 1.54) is 28.2 Å². The van der Waals surface area contributed by atoms with Gasteiger partial charge < -0.3 is 0 Å². The quantitative estimate of drug-likeness (QED) is 0.708. The van der Waals surface area contributed by atoms with Gasteiger partial charge in [0, 0.05) is 11.6 Å². The van der Waals surface area contributed by atoms with E-state index < -0.39 is 0 Å². The number of rotatable bonds is 2. The summed E-state index contributed by atoms with van der Waals surface area (Å²) >= 11 is 2.94. The van der Waals surface area contributed by atoms with Gasteiger partial charge in [0.1, 0.15) is 0 Å². The van der Waals surface area contributed by atoms with E-state index in [0.717, 1.165) is 15.8 Å². The second-order valence-electron chi connectivity index (χ2n) is 4.55. The fourth-order valence-corrected chi connectivity index (χ4v) is 3.55. The van der Waals surface area contributed by atoms with Gasteiger partial charge in [0.05, 0.1) is 10.2 Å². The van der Waals surface area contributed by atoms with Crippen LogP contribution in [0.2, 0.25) is 0 Å². The molecule has 0 spiro atoms. The molecule has 0 radical (unpaired) electrons. The fraction of sp³-hybridized carbons (Fsp3) is 0.133. The van der Waals surface area contributed by atoms with Crippen LogP contribution in [0.1, 0.15) is 20.8 Å². The molecule has 1 aromatic carbocycles. The van der Waals surface area contributed by atoms with Crippen molar-refractivity contribution in [2.75, 3.05) is 5.32 Å². The van der Waals surface area contributed by atoms with Gasteiger partial charge in [-0.1, -0.05) is 23.5 Å². The Bertz CT molecular complexity index is 762. The molecule has 0 aliphatic heterocycles. The van der Waals surface area contributed by atoms with E-state index in [-0.39, 0.29) is 5.91 Å². The first-order valence-corrected chi connectivity index (χ1v) is 7.89. The minimum Gasteiger partial charge on any atom is -0.293 e.